The van der Waals surface area contributed by atoms with E-state index in [1.807, 2.05) is 27.7 Å². The van der Waals surface area contributed by atoms with Crippen LogP contribution in [0.5, 0.6) is 11.5 Å². The van der Waals surface area contributed by atoms with Gasteiger partial charge in [-0.05, 0) is 56.7 Å². The van der Waals surface area contributed by atoms with Crippen molar-refractivity contribution in [3.8, 4) is 11.5 Å². The Kier molecular flexibility index (Phi) is 14.2. The molecule has 0 amide bonds. The van der Waals surface area contributed by atoms with Crippen molar-refractivity contribution < 1.29 is 47.6 Å². The number of rotatable bonds is 14. The summed E-state index contributed by atoms with van der Waals surface area (Å²) >= 11 is 0. The summed E-state index contributed by atoms with van der Waals surface area (Å²) in [5.74, 6) is -1.43. The molecule has 1 unspecified atom stereocenters. The number of hydrogen-bond acceptors (Lipinski definition) is 11. The number of carbonyl (C=O) groups excluding carboxylic acids is 4. The minimum atomic E-state index is -1.07. The summed E-state index contributed by atoms with van der Waals surface area (Å²) < 4.78 is 31.0. The third-order valence-electron chi connectivity index (χ3n) is 5.64. The molecule has 0 aromatic heterocycles. The first-order valence-corrected chi connectivity index (χ1v) is 12.9. The molecule has 1 aromatic carbocycles. The molecule has 0 fully saturated rings. The highest BCUT2D eigenvalue weighted by molar-refractivity contribution is 5.76. The van der Waals surface area contributed by atoms with E-state index in [0.717, 1.165) is 0 Å². The van der Waals surface area contributed by atoms with Gasteiger partial charge >= 0.3 is 24.2 Å². The van der Waals surface area contributed by atoms with Crippen molar-refractivity contribution in [1.29, 1.82) is 0 Å². The van der Waals surface area contributed by atoms with Crippen LogP contribution < -0.4 is 15.2 Å². The topological polar surface area (TPSA) is 150 Å². The van der Waals surface area contributed by atoms with E-state index in [1.54, 1.807) is 26.8 Å². The van der Waals surface area contributed by atoms with Crippen LogP contribution in [0.25, 0.3) is 0 Å². The van der Waals surface area contributed by atoms with Gasteiger partial charge in [-0.2, -0.15) is 0 Å². The first-order chi connectivity index (χ1) is 17.9. The lowest BCUT2D eigenvalue weighted by atomic mass is 9.98. The van der Waals surface area contributed by atoms with Crippen LogP contribution in [0.15, 0.2) is 18.2 Å². The molecule has 0 aliphatic rings. The summed E-state index contributed by atoms with van der Waals surface area (Å²) in [7, 11) is 0. The molecule has 0 radical (unpaired) electrons. The number of hydrogen-bond donors (Lipinski definition) is 1. The van der Waals surface area contributed by atoms with Crippen LogP contribution in [0.2, 0.25) is 0 Å². The van der Waals surface area contributed by atoms with Gasteiger partial charge in [-0.3, -0.25) is 9.59 Å². The summed E-state index contributed by atoms with van der Waals surface area (Å²) in [6, 6.07) is 3.28. The van der Waals surface area contributed by atoms with Gasteiger partial charge in [0.1, 0.15) is 18.2 Å². The van der Waals surface area contributed by atoms with Gasteiger partial charge in [-0.25, -0.2) is 9.59 Å². The summed E-state index contributed by atoms with van der Waals surface area (Å²) in [5, 5.41) is 0. The van der Waals surface area contributed by atoms with Crippen molar-refractivity contribution in [2.75, 3.05) is 13.2 Å². The molecule has 0 saturated carbocycles. The normalized spacial score (nSPS) is 14.0. The number of benzene rings is 1. The molecule has 1 rings (SSSR count). The van der Waals surface area contributed by atoms with Crippen LogP contribution in [-0.4, -0.2) is 55.7 Å². The van der Waals surface area contributed by atoms with Gasteiger partial charge in [0, 0.05) is 0 Å². The molecule has 1 aromatic rings. The molecule has 38 heavy (non-hydrogen) atoms. The maximum atomic E-state index is 12.6. The van der Waals surface area contributed by atoms with E-state index in [0.29, 0.717) is 18.4 Å². The second kappa shape index (κ2) is 16.5. The van der Waals surface area contributed by atoms with Crippen LogP contribution >= 0.6 is 0 Å². The zero-order valence-corrected chi connectivity index (χ0v) is 23.3. The number of carbonyl (C=O) groups is 4. The molecule has 0 saturated heterocycles. The van der Waals surface area contributed by atoms with Gasteiger partial charge in [0.25, 0.3) is 0 Å². The highest BCUT2D eigenvalue weighted by Crippen LogP contribution is 2.30. The molecule has 11 heteroatoms. The third-order valence-corrected chi connectivity index (χ3v) is 5.64. The van der Waals surface area contributed by atoms with Crippen LogP contribution in [0.4, 0.5) is 9.59 Å². The Hall–Kier alpha value is -3.34. The average Bonchev–Trinajstić information content (AvgIpc) is 2.86. The lowest BCUT2D eigenvalue weighted by Gasteiger charge is -2.24. The van der Waals surface area contributed by atoms with Crippen molar-refractivity contribution in [2.24, 2.45) is 17.6 Å². The fourth-order valence-electron chi connectivity index (χ4n) is 2.82. The minimum Gasteiger partial charge on any atom is -0.459 e. The molecule has 2 N–H and O–H groups in total. The molecular weight excluding hydrogens is 498 g/mol. The summed E-state index contributed by atoms with van der Waals surface area (Å²) in [6.45, 7) is 12.8. The van der Waals surface area contributed by atoms with E-state index in [9.17, 15) is 19.2 Å². The van der Waals surface area contributed by atoms with Gasteiger partial charge in [0.15, 0.2) is 11.5 Å². The largest absolute Gasteiger partial charge is 0.513 e. The molecule has 11 nitrogen and oxygen atoms in total. The van der Waals surface area contributed by atoms with E-state index >= 15 is 0 Å². The quantitative estimate of drug-likeness (QED) is 0.201. The van der Waals surface area contributed by atoms with Crippen LogP contribution in [0.3, 0.4) is 0 Å². The summed E-state index contributed by atoms with van der Waals surface area (Å²) in [6.07, 6.45) is -2.13. The SMILES string of the molecule is CCCOC(=O)Oc1ccc(C[C@H](N)C(=O)O[C@@H](C)[C@H](C)OC(=O)C(C)C(C)C)cc1OC(=O)OCCC. The van der Waals surface area contributed by atoms with Crippen LogP contribution in [-0.2, 0) is 35.0 Å². The smallest absolute Gasteiger partial charge is 0.459 e. The standard InChI is InChI=1S/C27H41NO10/c1-8-12-33-26(31)37-22-11-10-20(15-23(22)38-27(32)34-13-9-2)14-21(28)25(30)36-19(7)18(6)35-24(29)17(5)16(3)4/h10-11,15-19,21H,8-9,12-14,28H2,1-7H3/t17?,18-,19-,21-/m0/s1. The maximum Gasteiger partial charge on any atom is 0.513 e. The van der Waals surface area contributed by atoms with Crippen molar-refractivity contribution in [1.82, 2.24) is 0 Å². The molecule has 4 atom stereocenters. The third kappa shape index (κ3) is 11.4. The molecule has 0 spiro atoms. The van der Waals surface area contributed by atoms with E-state index in [1.165, 1.54) is 12.1 Å². The van der Waals surface area contributed by atoms with Crippen molar-refractivity contribution in [3.63, 3.8) is 0 Å². The predicted octanol–water partition coefficient (Wildman–Crippen LogP) is 4.56. The molecule has 214 valence electrons. The lowest BCUT2D eigenvalue weighted by Crippen LogP contribution is -2.40. The van der Waals surface area contributed by atoms with Gasteiger partial charge in [0.2, 0.25) is 0 Å². The fourth-order valence-corrected chi connectivity index (χ4v) is 2.82. The van der Waals surface area contributed by atoms with Gasteiger partial charge in [-0.15, -0.1) is 0 Å². The first-order valence-electron chi connectivity index (χ1n) is 12.9. The highest BCUT2D eigenvalue weighted by atomic mass is 16.7. The lowest BCUT2D eigenvalue weighted by molar-refractivity contribution is -0.169. The molecule has 0 aliphatic heterocycles. The van der Waals surface area contributed by atoms with E-state index < -0.39 is 36.5 Å². The first kappa shape index (κ1) is 32.7. The second-order valence-corrected chi connectivity index (χ2v) is 9.31. The van der Waals surface area contributed by atoms with Crippen LogP contribution in [0.1, 0.15) is 66.9 Å². The number of nitrogens with two attached hydrogens (primary N) is 1. The Labute approximate surface area is 224 Å². The zero-order valence-electron chi connectivity index (χ0n) is 23.3. The van der Waals surface area contributed by atoms with Crippen molar-refractivity contribution in [2.45, 2.75) is 86.0 Å². The van der Waals surface area contributed by atoms with E-state index in [-0.39, 0.29) is 48.9 Å². The summed E-state index contributed by atoms with van der Waals surface area (Å²) in [4.78, 5) is 48.7. The summed E-state index contributed by atoms with van der Waals surface area (Å²) in [5.41, 5.74) is 6.56. The Bertz CT molecular complexity index is 932. The van der Waals surface area contributed by atoms with E-state index in [2.05, 4.69) is 0 Å². The van der Waals surface area contributed by atoms with Crippen molar-refractivity contribution in [3.05, 3.63) is 23.8 Å². The van der Waals surface area contributed by atoms with Gasteiger partial charge in [0.05, 0.1) is 19.1 Å². The second-order valence-electron chi connectivity index (χ2n) is 9.31. The average molecular weight is 540 g/mol. The molecular formula is C27H41NO10. The molecule has 0 aliphatic carbocycles. The zero-order chi connectivity index (χ0) is 28.8. The molecule has 0 heterocycles. The van der Waals surface area contributed by atoms with Gasteiger partial charge < -0.3 is 34.2 Å². The molecule has 0 bridgehead atoms. The van der Waals surface area contributed by atoms with Crippen LogP contribution in [0, 0.1) is 11.8 Å². The highest BCUT2D eigenvalue weighted by Gasteiger charge is 2.27. The Balaban J connectivity index is 2.89. The monoisotopic (exact) mass is 539 g/mol. The Morgan fingerprint density at radius 2 is 1.26 bits per heavy atom. The van der Waals surface area contributed by atoms with E-state index in [4.69, 9.17) is 34.2 Å². The Morgan fingerprint density at radius 1 is 0.763 bits per heavy atom. The number of esters is 2. The fraction of sp³-hybridized carbons (Fsp3) is 0.630. The van der Waals surface area contributed by atoms with Gasteiger partial charge in [-0.1, -0.05) is 40.7 Å². The predicted molar refractivity (Wildman–Crippen MR) is 138 cm³/mol. The maximum absolute atomic E-state index is 12.6. The Morgan fingerprint density at radius 3 is 1.76 bits per heavy atom. The minimum absolute atomic E-state index is 0.0189. The van der Waals surface area contributed by atoms with Crippen molar-refractivity contribution >= 4 is 24.2 Å². The number of ether oxygens (including phenoxy) is 6.